The van der Waals surface area contributed by atoms with E-state index < -0.39 is 0 Å². The van der Waals surface area contributed by atoms with E-state index in [1.54, 1.807) is 6.07 Å². The zero-order valence-electron chi connectivity index (χ0n) is 11.5. The van der Waals surface area contributed by atoms with E-state index in [-0.39, 0.29) is 5.78 Å². The number of carbonyl (C=O) groups is 1. The molecule has 98 valence electrons. The van der Waals surface area contributed by atoms with Crippen molar-refractivity contribution in [3.8, 4) is 0 Å². The highest BCUT2D eigenvalue weighted by atomic mass is 35.5. The lowest BCUT2D eigenvalue weighted by Crippen LogP contribution is -2.04. The predicted octanol–water partition coefficient (Wildman–Crippen LogP) is 4.69. The number of ketones is 1. The van der Waals surface area contributed by atoms with Crippen LogP contribution in [0.5, 0.6) is 0 Å². The molecule has 0 aliphatic carbocycles. The van der Waals surface area contributed by atoms with Gasteiger partial charge >= 0.3 is 0 Å². The molecule has 0 radical (unpaired) electrons. The quantitative estimate of drug-likeness (QED) is 0.741. The Labute approximate surface area is 119 Å². The van der Waals surface area contributed by atoms with E-state index in [1.165, 1.54) is 11.1 Å². The zero-order valence-corrected chi connectivity index (χ0v) is 12.2. The van der Waals surface area contributed by atoms with Gasteiger partial charge < -0.3 is 0 Å². The van der Waals surface area contributed by atoms with Crippen LogP contribution in [0.3, 0.4) is 0 Å². The molecule has 19 heavy (non-hydrogen) atoms. The van der Waals surface area contributed by atoms with Crippen LogP contribution in [0.2, 0.25) is 5.02 Å². The topological polar surface area (TPSA) is 17.1 Å². The molecule has 0 aliphatic rings. The molecule has 0 aromatic heterocycles. The van der Waals surface area contributed by atoms with E-state index in [1.807, 2.05) is 32.9 Å². The lowest BCUT2D eigenvalue weighted by Gasteiger charge is -2.06. The van der Waals surface area contributed by atoms with Gasteiger partial charge in [0.25, 0.3) is 0 Å². The molecule has 0 spiro atoms. The van der Waals surface area contributed by atoms with Crippen LogP contribution in [0, 0.1) is 20.8 Å². The number of carbonyl (C=O) groups excluding carboxylic acids is 1. The van der Waals surface area contributed by atoms with Crippen LogP contribution in [-0.2, 0) is 6.42 Å². The molecule has 0 N–H and O–H groups in total. The molecule has 0 fully saturated rings. The van der Waals surface area contributed by atoms with Gasteiger partial charge in [0.2, 0.25) is 0 Å². The zero-order chi connectivity index (χ0) is 14.0. The van der Waals surface area contributed by atoms with Crippen molar-refractivity contribution in [1.82, 2.24) is 0 Å². The molecule has 0 bridgehead atoms. The van der Waals surface area contributed by atoms with E-state index in [4.69, 9.17) is 11.6 Å². The second-order valence-corrected chi connectivity index (χ2v) is 5.47. The number of hydrogen-bond acceptors (Lipinski definition) is 1. The van der Waals surface area contributed by atoms with Crippen LogP contribution >= 0.6 is 11.6 Å². The molecule has 0 heterocycles. The third-order valence-corrected chi connectivity index (χ3v) is 3.55. The van der Waals surface area contributed by atoms with E-state index in [9.17, 15) is 4.79 Å². The largest absolute Gasteiger partial charge is 0.294 e. The molecule has 2 rings (SSSR count). The fraction of sp³-hybridized carbons (Fsp3) is 0.235. The van der Waals surface area contributed by atoms with Gasteiger partial charge in [0.15, 0.2) is 5.78 Å². The van der Waals surface area contributed by atoms with Gasteiger partial charge in [0.05, 0.1) is 0 Å². The maximum absolute atomic E-state index is 12.2. The third-order valence-electron chi connectivity index (χ3n) is 3.14. The second-order valence-electron chi connectivity index (χ2n) is 5.06. The summed E-state index contributed by atoms with van der Waals surface area (Å²) in [6.07, 6.45) is 0.419. The number of halogens is 1. The van der Waals surface area contributed by atoms with Crippen molar-refractivity contribution in [1.29, 1.82) is 0 Å². The van der Waals surface area contributed by atoms with E-state index in [0.717, 1.165) is 11.1 Å². The third kappa shape index (κ3) is 3.45. The van der Waals surface area contributed by atoms with Gasteiger partial charge in [0.1, 0.15) is 0 Å². The highest BCUT2D eigenvalue weighted by Crippen LogP contribution is 2.18. The summed E-state index contributed by atoms with van der Waals surface area (Å²) in [4.78, 5) is 12.2. The first-order valence-corrected chi connectivity index (χ1v) is 6.70. The molecule has 0 unspecified atom stereocenters. The van der Waals surface area contributed by atoms with E-state index in [2.05, 4.69) is 18.2 Å². The van der Waals surface area contributed by atoms with Crippen LogP contribution in [0.4, 0.5) is 0 Å². The van der Waals surface area contributed by atoms with E-state index in [0.29, 0.717) is 17.0 Å². The van der Waals surface area contributed by atoms with Gasteiger partial charge in [-0.3, -0.25) is 4.79 Å². The van der Waals surface area contributed by atoms with Crippen LogP contribution in [0.15, 0.2) is 36.4 Å². The SMILES string of the molecule is Cc1cc(C)cc(CC(=O)c2ccc(C)c(Cl)c2)c1. The number of hydrogen-bond donors (Lipinski definition) is 0. The van der Waals surface area contributed by atoms with Crippen LogP contribution in [-0.4, -0.2) is 5.78 Å². The molecular formula is C17H17ClO. The average Bonchev–Trinajstić information content (AvgIpc) is 2.31. The summed E-state index contributed by atoms with van der Waals surface area (Å²) in [5.41, 5.74) is 5.09. The maximum Gasteiger partial charge on any atom is 0.167 e. The van der Waals surface area contributed by atoms with Crippen molar-refractivity contribution < 1.29 is 4.79 Å². The molecule has 2 aromatic carbocycles. The minimum absolute atomic E-state index is 0.104. The fourth-order valence-electron chi connectivity index (χ4n) is 2.22. The van der Waals surface area contributed by atoms with Crippen molar-refractivity contribution in [2.45, 2.75) is 27.2 Å². The number of rotatable bonds is 3. The molecule has 2 heteroatoms. The van der Waals surface area contributed by atoms with Crippen LogP contribution in [0.1, 0.15) is 32.6 Å². The molecule has 0 saturated carbocycles. The first-order chi connectivity index (χ1) is 8.95. The van der Waals surface area contributed by atoms with Gasteiger partial charge in [-0.25, -0.2) is 0 Å². The van der Waals surface area contributed by atoms with Crippen molar-refractivity contribution in [2.75, 3.05) is 0 Å². The predicted molar refractivity (Wildman–Crippen MR) is 80.1 cm³/mol. The summed E-state index contributed by atoms with van der Waals surface area (Å²) in [7, 11) is 0. The Kier molecular flexibility index (Phi) is 4.06. The monoisotopic (exact) mass is 272 g/mol. The van der Waals surface area contributed by atoms with E-state index >= 15 is 0 Å². The maximum atomic E-state index is 12.2. The van der Waals surface area contributed by atoms with Crippen molar-refractivity contribution in [2.24, 2.45) is 0 Å². The number of Topliss-reactive ketones (excluding diaryl/α,β-unsaturated/α-hetero) is 1. The van der Waals surface area contributed by atoms with Crippen molar-refractivity contribution in [3.05, 3.63) is 69.2 Å². The van der Waals surface area contributed by atoms with Crippen molar-refractivity contribution in [3.63, 3.8) is 0 Å². The minimum Gasteiger partial charge on any atom is -0.294 e. The Bertz CT molecular complexity index is 609. The Hall–Kier alpha value is -1.60. The Balaban J connectivity index is 2.22. The molecule has 1 nitrogen and oxygen atoms in total. The fourth-order valence-corrected chi connectivity index (χ4v) is 2.41. The number of benzene rings is 2. The van der Waals surface area contributed by atoms with Crippen LogP contribution in [0.25, 0.3) is 0 Å². The molecule has 0 aliphatic heterocycles. The van der Waals surface area contributed by atoms with Gasteiger partial charge in [0, 0.05) is 17.0 Å². The number of aryl methyl sites for hydroxylation is 3. The average molecular weight is 273 g/mol. The second kappa shape index (κ2) is 5.58. The highest BCUT2D eigenvalue weighted by molar-refractivity contribution is 6.31. The molecular weight excluding hydrogens is 256 g/mol. The Morgan fingerprint density at radius 1 is 1.00 bits per heavy atom. The van der Waals surface area contributed by atoms with Gasteiger partial charge in [-0.05, 0) is 38.0 Å². The first-order valence-electron chi connectivity index (χ1n) is 6.32. The Morgan fingerprint density at radius 2 is 1.63 bits per heavy atom. The van der Waals surface area contributed by atoms with Gasteiger partial charge in [-0.2, -0.15) is 0 Å². The summed E-state index contributed by atoms with van der Waals surface area (Å²) < 4.78 is 0. The summed E-state index contributed by atoms with van der Waals surface area (Å²) in [5.74, 6) is 0.104. The summed E-state index contributed by atoms with van der Waals surface area (Å²) in [6, 6.07) is 11.7. The molecule has 2 aromatic rings. The normalized spacial score (nSPS) is 10.5. The summed E-state index contributed by atoms with van der Waals surface area (Å²) in [5, 5.41) is 0.645. The van der Waals surface area contributed by atoms with Gasteiger partial charge in [-0.15, -0.1) is 0 Å². The molecule has 0 atom stereocenters. The summed E-state index contributed by atoms with van der Waals surface area (Å²) in [6.45, 7) is 6.02. The summed E-state index contributed by atoms with van der Waals surface area (Å²) >= 11 is 6.06. The van der Waals surface area contributed by atoms with Gasteiger partial charge in [-0.1, -0.05) is 53.1 Å². The lowest BCUT2D eigenvalue weighted by atomic mass is 9.99. The molecule has 0 amide bonds. The molecule has 0 saturated heterocycles. The smallest absolute Gasteiger partial charge is 0.167 e. The minimum atomic E-state index is 0.104. The lowest BCUT2D eigenvalue weighted by molar-refractivity contribution is 0.0993. The highest BCUT2D eigenvalue weighted by Gasteiger charge is 2.09. The van der Waals surface area contributed by atoms with Crippen molar-refractivity contribution >= 4 is 17.4 Å². The Morgan fingerprint density at radius 3 is 2.21 bits per heavy atom. The first kappa shape index (κ1) is 13.8. The van der Waals surface area contributed by atoms with Crippen LogP contribution < -0.4 is 0 Å². The standard InChI is InChI=1S/C17H17ClO/c1-11-6-12(2)8-14(7-11)9-17(19)15-5-4-13(3)16(18)10-15/h4-8,10H,9H2,1-3H3.